The van der Waals surface area contributed by atoms with Gasteiger partial charge in [-0.3, -0.25) is 0 Å². The Kier molecular flexibility index (Phi) is 5.96. The number of rotatable bonds is 5. The summed E-state index contributed by atoms with van der Waals surface area (Å²) in [5.41, 5.74) is 0.403. The summed E-state index contributed by atoms with van der Waals surface area (Å²) in [5, 5.41) is 12.3. The summed E-state index contributed by atoms with van der Waals surface area (Å²) >= 11 is 12.4. The summed E-state index contributed by atoms with van der Waals surface area (Å²) in [6.45, 7) is 11.2. The molecule has 28 heavy (non-hydrogen) atoms. The summed E-state index contributed by atoms with van der Waals surface area (Å²) < 4.78 is 6.58. The standard InChI is InChI=1S/C21H28Cl2N2O2Si/c1-20(2,3)28(4,5)27-15-12-21(13-15,14-7-8-16(22)17(23)11-14)18(26)19-24-9-6-10-25-19/h6-11,15,18,26H,12-13H2,1-5H3/t15?,18-,21?/m0/s1. The van der Waals surface area contributed by atoms with Crippen LogP contribution in [0, 0.1) is 0 Å². The summed E-state index contributed by atoms with van der Waals surface area (Å²) in [6.07, 6.45) is 3.93. The van der Waals surface area contributed by atoms with Crippen LogP contribution in [0.2, 0.25) is 28.2 Å². The first-order valence-electron chi connectivity index (χ1n) is 9.55. The number of aliphatic hydroxyl groups excluding tert-OH is 1. The highest BCUT2D eigenvalue weighted by molar-refractivity contribution is 6.74. The van der Waals surface area contributed by atoms with Crippen LogP contribution in [0.5, 0.6) is 0 Å². The first kappa shape index (κ1) is 21.7. The SMILES string of the molecule is CC(C)(C)[Si](C)(C)OC1CC(c2ccc(Cl)c(Cl)c2)([C@@H](O)c2ncccn2)C1. The van der Waals surface area contributed by atoms with Crippen LogP contribution >= 0.6 is 23.2 Å². The van der Waals surface area contributed by atoms with Crippen molar-refractivity contribution >= 4 is 31.5 Å². The second-order valence-corrected chi connectivity index (χ2v) is 14.8. The molecule has 0 unspecified atom stereocenters. The minimum atomic E-state index is -1.90. The maximum atomic E-state index is 11.2. The maximum Gasteiger partial charge on any atom is 0.192 e. The normalized spacial score (nSPS) is 23.9. The number of aliphatic hydroxyl groups is 1. The smallest absolute Gasteiger partial charge is 0.192 e. The van der Waals surface area contributed by atoms with Crippen molar-refractivity contribution in [2.24, 2.45) is 0 Å². The largest absolute Gasteiger partial charge is 0.414 e. The monoisotopic (exact) mass is 438 g/mol. The quantitative estimate of drug-likeness (QED) is 0.586. The van der Waals surface area contributed by atoms with Crippen LogP contribution in [0.15, 0.2) is 36.7 Å². The second-order valence-electron chi connectivity index (χ2n) is 9.20. The van der Waals surface area contributed by atoms with E-state index in [-0.39, 0.29) is 11.1 Å². The fraction of sp³-hybridized carbons (Fsp3) is 0.524. The number of benzene rings is 1. The van der Waals surface area contributed by atoms with Gasteiger partial charge in [0.15, 0.2) is 14.1 Å². The molecule has 152 valence electrons. The Balaban J connectivity index is 1.91. The van der Waals surface area contributed by atoms with E-state index in [9.17, 15) is 5.11 Å². The van der Waals surface area contributed by atoms with Crippen molar-refractivity contribution in [3.05, 3.63) is 58.1 Å². The highest BCUT2D eigenvalue weighted by atomic mass is 35.5. The van der Waals surface area contributed by atoms with Gasteiger partial charge in [0.25, 0.3) is 0 Å². The van der Waals surface area contributed by atoms with Crippen LogP contribution < -0.4 is 0 Å². The van der Waals surface area contributed by atoms with Crippen LogP contribution in [0.1, 0.15) is 51.1 Å². The van der Waals surface area contributed by atoms with Gasteiger partial charge in [-0.25, -0.2) is 9.97 Å². The number of hydrogen-bond donors (Lipinski definition) is 1. The fourth-order valence-electron chi connectivity index (χ4n) is 3.55. The summed E-state index contributed by atoms with van der Waals surface area (Å²) in [5.74, 6) is 0.416. The van der Waals surface area contributed by atoms with Gasteiger partial charge in [-0.15, -0.1) is 0 Å². The molecular formula is C21H28Cl2N2O2Si. The van der Waals surface area contributed by atoms with Crippen LogP contribution in [-0.4, -0.2) is 29.5 Å². The number of aromatic nitrogens is 2. The average Bonchev–Trinajstić information content (AvgIpc) is 2.59. The molecule has 2 aromatic rings. The molecule has 1 saturated carbocycles. The molecule has 0 bridgehead atoms. The van der Waals surface area contributed by atoms with Crippen LogP contribution in [-0.2, 0) is 9.84 Å². The average molecular weight is 439 g/mol. The Bertz CT molecular complexity index is 834. The lowest BCUT2D eigenvalue weighted by Crippen LogP contribution is -2.55. The zero-order valence-electron chi connectivity index (χ0n) is 17.0. The maximum absolute atomic E-state index is 11.2. The molecule has 3 rings (SSSR count). The van der Waals surface area contributed by atoms with Crippen molar-refractivity contribution in [2.45, 2.75) is 69.4 Å². The molecule has 1 aromatic carbocycles. The van der Waals surface area contributed by atoms with Crippen molar-refractivity contribution in [3.63, 3.8) is 0 Å². The van der Waals surface area contributed by atoms with Gasteiger partial charge >= 0.3 is 0 Å². The summed E-state index contributed by atoms with van der Waals surface area (Å²) in [6, 6.07) is 7.30. The minimum absolute atomic E-state index is 0.0914. The van der Waals surface area contributed by atoms with E-state index in [1.807, 2.05) is 12.1 Å². The molecule has 1 aromatic heterocycles. The molecule has 0 amide bonds. The molecule has 7 heteroatoms. The van der Waals surface area contributed by atoms with E-state index in [1.54, 1.807) is 24.5 Å². The lowest BCUT2D eigenvalue weighted by atomic mass is 9.59. The van der Waals surface area contributed by atoms with Crippen molar-refractivity contribution in [1.82, 2.24) is 9.97 Å². The Hall–Kier alpha value is -0.983. The Morgan fingerprint density at radius 2 is 1.75 bits per heavy atom. The molecular weight excluding hydrogens is 411 g/mol. The molecule has 4 nitrogen and oxygen atoms in total. The van der Waals surface area contributed by atoms with E-state index in [0.29, 0.717) is 28.7 Å². The van der Waals surface area contributed by atoms with Gasteiger partial charge in [-0.05, 0) is 54.7 Å². The molecule has 1 N–H and O–H groups in total. The Morgan fingerprint density at radius 3 is 2.29 bits per heavy atom. The van der Waals surface area contributed by atoms with Gasteiger partial charge in [0.05, 0.1) is 10.0 Å². The summed E-state index contributed by atoms with van der Waals surface area (Å²) in [4.78, 5) is 8.56. The first-order valence-corrected chi connectivity index (χ1v) is 13.2. The van der Waals surface area contributed by atoms with Gasteiger partial charge in [-0.1, -0.05) is 50.0 Å². The Labute approximate surface area is 178 Å². The second kappa shape index (κ2) is 7.69. The van der Waals surface area contributed by atoms with E-state index in [2.05, 4.69) is 43.8 Å². The topological polar surface area (TPSA) is 55.2 Å². The summed E-state index contributed by atoms with van der Waals surface area (Å²) in [7, 11) is -1.90. The third kappa shape index (κ3) is 4.01. The molecule has 1 aliphatic rings. The Morgan fingerprint density at radius 1 is 1.14 bits per heavy atom. The molecule has 1 fully saturated rings. The van der Waals surface area contributed by atoms with Crippen LogP contribution in [0.25, 0.3) is 0 Å². The highest BCUT2D eigenvalue weighted by Gasteiger charge is 2.54. The lowest BCUT2D eigenvalue weighted by Gasteiger charge is -2.53. The van der Waals surface area contributed by atoms with E-state index in [1.165, 1.54) is 0 Å². The molecule has 0 spiro atoms. The third-order valence-electron chi connectivity index (χ3n) is 6.30. The lowest BCUT2D eigenvalue weighted by molar-refractivity contribution is -0.0547. The van der Waals surface area contributed by atoms with Crippen molar-refractivity contribution in [3.8, 4) is 0 Å². The molecule has 0 aliphatic heterocycles. The van der Waals surface area contributed by atoms with Gasteiger partial charge in [-0.2, -0.15) is 0 Å². The van der Waals surface area contributed by atoms with Crippen LogP contribution in [0.3, 0.4) is 0 Å². The number of halogens is 2. The predicted octanol–water partition coefficient (Wildman–Crippen LogP) is 5.94. The molecule has 1 heterocycles. The minimum Gasteiger partial charge on any atom is -0.414 e. The fourth-order valence-corrected chi connectivity index (χ4v) is 5.20. The zero-order valence-corrected chi connectivity index (χ0v) is 19.6. The van der Waals surface area contributed by atoms with Gasteiger partial charge in [0.1, 0.15) is 6.10 Å². The van der Waals surface area contributed by atoms with Crippen molar-refractivity contribution < 1.29 is 9.53 Å². The molecule has 0 saturated heterocycles. The molecule has 1 atom stereocenters. The van der Waals surface area contributed by atoms with E-state index in [4.69, 9.17) is 27.6 Å². The van der Waals surface area contributed by atoms with Crippen molar-refractivity contribution in [1.29, 1.82) is 0 Å². The third-order valence-corrected chi connectivity index (χ3v) is 11.6. The van der Waals surface area contributed by atoms with E-state index < -0.39 is 19.8 Å². The zero-order chi connectivity index (χ0) is 20.7. The van der Waals surface area contributed by atoms with Gasteiger partial charge in [0.2, 0.25) is 0 Å². The van der Waals surface area contributed by atoms with E-state index in [0.717, 1.165) is 5.56 Å². The highest BCUT2D eigenvalue weighted by Crippen LogP contribution is 2.55. The predicted molar refractivity (Wildman–Crippen MR) is 116 cm³/mol. The number of hydrogen-bond acceptors (Lipinski definition) is 4. The number of nitrogens with zero attached hydrogens (tertiary/aromatic N) is 2. The van der Waals surface area contributed by atoms with Crippen molar-refractivity contribution in [2.75, 3.05) is 0 Å². The molecule has 1 aliphatic carbocycles. The van der Waals surface area contributed by atoms with E-state index >= 15 is 0 Å². The molecule has 0 radical (unpaired) electrons. The van der Waals surface area contributed by atoms with Gasteiger partial charge in [0, 0.05) is 23.9 Å². The first-order chi connectivity index (χ1) is 13.0. The van der Waals surface area contributed by atoms with Gasteiger partial charge < -0.3 is 9.53 Å². The van der Waals surface area contributed by atoms with Crippen LogP contribution in [0.4, 0.5) is 0 Å².